The van der Waals surface area contributed by atoms with Gasteiger partial charge in [-0.15, -0.1) is 0 Å². The molecule has 0 bridgehead atoms. The summed E-state index contributed by atoms with van der Waals surface area (Å²) in [5.74, 6) is 0.626. The van der Waals surface area contributed by atoms with Crippen molar-refractivity contribution in [3.05, 3.63) is 58.1 Å². The molecule has 0 unspecified atom stereocenters. The molecular formula is C19H22ClN5O2. The van der Waals surface area contributed by atoms with E-state index in [0.29, 0.717) is 11.6 Å². The van der Waals surface area contributed by atoms with Crippen LogP contribution in [0, 0.1) is 20.8 Å². The number of aromatic nitrogens is 4. The van der Waals surface area contributed by atoms with E-state index in [-0.39, 0.29) is 12.5 Å². The number of carbonyl (C=O) groups excluding carboxylic acids is 1. The second-order valence-electron chi connectivity index (χ2n) is 6.34. The Morgan fingerprint density at radius 3 is 2.67 bits per heavy atom. The predicted molar refractivity (Wildman–Crippen MR) is 104 cm³/mol. The Kier molecular flexibility index (Phi) is 5.51. The van der Waals surface area contributed by atoms with Crippen LogP contribution in [-0.4, -0.2) is 32.6 Å². The molecule has 1 aromatic carbocycles. The first-order valence-electron chi connectivity index (χ1n) is 8.53. The molecule has 0 radical (unpaired) electrons. The molecule has 0 spiro atoms. The summed E-state index contributed by atoms with van der Waals surface area (Å²) in [6.07, 6.45) is 1.53. The van der Waals surface area contributed by atoms with E-state index in [1.165, 1.54) is 6.20 Å². The Morgan fingerprint density at radius 2 is 2.00 bits per heavy atom. The first kappa shape index (κ1) is 19.0. The van der Waals surface area contributed by atoms with Crippen LogP contribution in [-0.2, 0) is 17.9 Å². The first-order valence-corrected chi connectivity index (χ1v) is 8.91. The van der Waals surface area contributed by atoms with E-state index in [1.54, 1.807) is 11.8 Å². The number of amides is 1. The van der Waals surface area contributed by atoms with Gasteiger partial charge >= 0.3 is 0 Å². The molecular weight excluding hydrogens is 366 g/mol. The normalized spacial score (nSPS) is 10.9. The van der Waals surface area contributed by atoms with Crippen molar-refractivity contribution in [2.24, 2.45) is 0 Å². The van der Waals surface area contributed by atoms with Gasteiger partial charge in [0.1, 0.15) is 12.3 Å². The zero-order chi connectivity index (χ0) is 19.6. The fourth-order valence-electron chi connectivity index (χ4n) is 2.87. The number of ether oxygens (including phenoxy) is 1. The number of aryl methyl sites for hydroxylation is 1. The van der Waals surface area contributed by atoms with Crippen LogP contribution in [0.25, 0.3) is 0 Å². The molecule has 0 aliphatic rings. The summed E-state index contributed by atoms with van der Waals surface area (Å²) < 4.78 is 8.71. The van der Waals surface area contributed by atoms with Crippen molar-refractivity contribution in [3.63, 3.8) is 0 Å². The number of halogens is 1. The molecule has 3 rings (SSSR count). The smallest absolute Gasteiger partial charge is 0.246 e. The average molecular weight is 388 g/mol. The predicted octanol–water partition coefficient (Wildman–Crippen LogP) is 3.35. The lowest BCUT2D eigenvalue weighted by Crippen LogP contribution is -2.21. The standard InChI is InChI=1S/C19H22ClN5O2/c1-12-19(22-18(26)11-24-13(2)17(20)9-21-24)14(3)25(23-12)10-15-6-5-7-16(8-15)27-4/h5-9H,10-11H2,1-4H3,(H,22,26). The summed E-state index contributed by atoms with van der Waals surface area (Å²) in [6, 6.07) is 7.83. The first-order chi connectivity index (χ1) is 12.9. The highest BCUT2D eigenvalue weighted by Crippen LogP contribution is 2.22. The van der Waals surface area contributed by atoms with Gasteiger partial charge in [-0.3, -0.25) is 14.2 Å². The van der Waals surface area contributed by atoms with Gasteiger partial charge in [0.25, 0.3) is 0 Å². The van der Waals surface area contributed by atoms with E-state index >= 15 is 0 Å². The van der Waals surface area contributed by atoms with Crippen LogP contribution in [0.3, 0.4) is 0 Å². The number of hydrogen-bond acceptors (Lipinski definition) is 4. The molecule has 1 N–H and O–H groups in total. The molecule has 0 saturated heterocycles. The fourth-order valence-corrected chi connectivity index (χ4v) is 3.01. The number of hydrogen-bond donors (Lipinski definition) is 1. The molecule has 1 amide bonds. The van der Waals surface area contributed by atoms with Crippen LogP contribution in [0.1, 0.15) is 22.6 Å². The minimum Gasteiger partial charge on any atom is -0.497 e. The number of carbonyl (C=O) groups is 1. The number of anilines is 1. The minimum absolute atomic E-state index is 0.0957. The van der Waals surface area contributed by atoms with Crippen LogP contribution in [0.4, 0.5) is 5.69 Å². The molecule has 0 fully saturated rings. The van der Waals surface area contributed by atoms with E-state index in [1.807, 2.05) is 49.7 Å². The van der Waals surface area contributed by atoms with Crippen LogP contribution < -0.4 is 10.1 Å². The van der Waals surface area contributed by atoms with Crippen molar-refractivity contribution >= 4 is 23.2 Å². The molecule has 8 heteroatoms. The van der Waals surface area contributed by atoms with Gasteiger partial charge in [-0.1, -0.05) is 23.7 Å². The maximum Gasteiger partial charge on any atom is 0.246 e. The van der Waals surface area contributed by atoms with Gasteiger partial charge in [-0.05, 0) is 38.5 Å². The zero-order valence-electron chi connectivity index (χ0n) is 15.8. The summed E-state index contributed by atoms with van der Waals surface area (Å²) in [5.41, 5.74) is 4.20. The van der Waals surface area contributed by atoms with Crippen molar-refractivity contribution < 1.29 is 9.53 Å². The van der Waals surface area contributed by atoms with E-state index in [4.69, 9.17) is 16.3 Å². The van der Waals surface area contributed by atoms with Crippen molar-refractivity contribution in [2.45, 2.75) is 33.9 Å². The lowest BCUT2D eigenvalue weighted by atomic mass is 10.2. The maximum absolute atomic E-state index is 12.4. The molecule has 27 heavy (non-hydrogen) atoms. The maximum atomic E-state index is 12.4. The lowest BCUT2D eigenvalue weighted by molar-refractivity contribution is -0.116. The Bertz CT molecular complexity index is 977. The number of nitrogens with one attached hydrogen (secondary N) is 1. The number of nitrogens with zero attached hydrogens (tertiary/aromatic N) is 4. The van der Waals surface area contributed by atoms with Gasteiger partial charge in [-0.2, -0.15) is 10.2 Å². The number of rotatable bonds is 6. The van der Waals surface area contributed by atoms with Crippen molar-refractivity contribution in [1.82, 2.24) is 19.6 Å². The average Bonchev–Trinajstić information content (AvgIpc) is 3.09. The van der Waals surface area contributed by atoms with Crippen LogP contribution in [0.5, 0.6) is 5.75 Å². The second-order valence-corrected chi connectivity index (χ2v) is 6.75. The molecule has 3 aromatic rings. The Balaban J connectivity index is 1.75. The monoisotopic (exact) mass is 387 g/mol. The van der Waals surface area contributed by atoms with Gasteiger partial charge in [0.2, 0.25) is 5.91 Å². The van der Waals surface area contributed by atoms with Crippen LogP contribution in [0.2, 0.25) is 5.02 Å². The Labute approximate surface area is 162 Å². The highest BCUT2D eigenvalue weighted by molar-refractivity contribution is 6.31. The van der Waals surface area contributed by atoms with Gasteiger partial charge in [0.05, 0.1) is 47.6 Å². The van der Waals surface area contributed by atoms with Gasteiger partial charge in [0.15, 0.2) is 0 Å². The molecule has 2 heterocycles. The quantitative estimate of drug-likeness (QED) is 0.703. The van der Waals surface area contributed by atoms with E-state index < -0.39 is 0 Å². The number of benzene rings is 1. The zero-order valence-corrected chi connectivity index (χ0v) is 16.5. The molecule has 0 saturated carbocycles. The van der Waals surface area contributed by atoms with Crippen molar-refractivity contribution in [2.75, 3.05) is 12.4 Å². The van der Waals surface area contributed by atoms with Crippen molar-refractivity contribution in [3.8, 4) is 5.75 Å². The summed E-state index contributed by atoms with van der Waals surface area (Å²) in [5, 5.41) is 12.2. The topological polar surface area (TPSA) is 74.0 Å². The third-order valence-electron chi connectivity index (χ3n) is 4.45. The highest BCUT2D eigenvalue weighted by atomic mass is 35.5. The molecule has 2 aromatic heterocycles. The third-order valence-corrected chi connectivity index (χ3v) is 4.82. The summed E-state index contributed by atoms with van der Waals surface area (Å²) >= 11 is 5.99. The fraction of sp³-hybridized carbons (Fsp3) is 0.316. The van der Waals surface area contributed by atoms with Gasteiger partial charge in [0, 0.05) is 0 Å². The lowest BCUT2D eigenvalue weighted by Gasteiger charge is -2.09. The van der Waals surface area contributed by atoms with E-state index in [2.05, 4.69) is 15.5 Å². The molecule has 0 aliphatic carbocycles. The second kappa shape index (κ2) is 7.84. The van der Waals surface area contributed by atoms with Gasteiger partial charge < -0.3 is 10.1 Å². The van der Waals surface area contributed by atoms with E-state index in [0.717, 1.165) is 34.1 Å². The van der Waals surface area contributed by atoms with Crippen molar-refractivity contribution in [1.29, 1.82) is 0 Å². The third kappa shape index (κ3) is 4.14. The SMILES string of the molecule is COc1cccc(Cn2nc(C)c(NC(=O)Cn3ncc(Cl)c3C)c2C)c1. The van der Waals surface area contributed by atoms with E-state index in [9.17, 15) is 4.79 Å². The largest absolute Gasteiger partial charge is 0.497 e. The van der Waals surface area contributed by atoms with Crippen LogP contribution in [0.15, 0.2) is 30.5 Å². The molecule has 0 atom stereocenters. The van der Waals surface area contributed by atoms with Gasteiger partial charge in [-0.25, -0.2) is 0 Å². The minimum atomic E-state index is -0.176. The van der Waals surface area contributed by atoms with Crippen LogP contribution >= 0.6 is 11.6 Å². The number of methoxy groups -OCH3 is 1. The molecule has 0 aliphatic heterocycles. The Hall–Kier alpha value is -2.80. The molecule has 142 valence electrons. The molecule has 7 nitrogen and oxygen atoms in total. The highest BCUT2D eigenvalue weighted by Gasteiger charge is 2.16. The summed E-state index contributed by atoms with van der Waals surface area (Å²) in [7, 11) is 1.64. The summed E-state index contributed by atoms with van der Waals surface area (Å²) in [4.78, 5) is 12.4. The summed E-state index contributed by atoms with van der Waals surface area (Å²) in [6.45, 7) is 6.32. The Morgan fingerprint density at radius 1 is 1.22 bits per heavy atom.